The fourth-order valence-corrected chi connectivity index (χ4v) is 2.24. The quantitative estimate of drug-likeness (QED) is 0.644. The largest absolute Gasteiger partial charge is 0.264 e. The standard InChI is InChI=1S/C9H21NS/c1-6-10-11-9(4,5)7-8(2)3/h8,10H,6-7H2,1-5H3. The van der Waals surface area contributed by atoms with Crippen molar-refractivity contribution in [2.24, 2.45) is 5.92 Å². The minimum atomic E-state index is 0.379. The summed E-state index contributed by atoms with van der Waals surface area (Å²) in [6.07, 6.45) is 1.27. The minimum absolute atomic E-state index is 0.379. The van der Waals surface area contributed by atoms with Gasteiger partial charge in [0.2, 0.25) is 0 Å². The summed E-state index contributed by atoms with van der Waals surface area (Å²) in [6, 6.07) is 0. The van der Waals surface area contributed by atoms with Crippen molar-refractivity contribution < 1.29 is 0 Å². The van der Waals surface area contributed by atoms with E-state index in [9.17, 15) is 0 Å². The van der Waals surface area contributed by atoms with Crippen molar-refractivity contribution in [2.45, 2.75) is 45.8 Å². The molecule has 0 aliphatic rings. The van der Waals surface area contributed by atoms with Crippen LogP contribution >= 0.6 is 11.9 Å². The van der Waals surface area contributed by atoms with E-state index in [2.05, 4.69) is 39.3 Å². The summed E-state index contributed by atoms with van der Waals surface area (Å²) in [4.78, 5) is 0. The van der Waals surface area contributed by atoms with Crippen molar-refractivity contribution in [2.75, 3.05) is 6.54 Å². The maximum atomic E-state index is 3.31. The first kappa shape index (κ1) is 11.3. The van der Waals surface area contributed by atoms with Crippen LogP contribution in [0, 0.1) is 5.92 Å². The lowest BCUT2D eigenvalue weighted by molar-refractivity contribution is 0.501. The molecular formula is C9H21NS. The third kappa shape index (κ3) is 6.70. The molecule has 2 heteroatoms. The lowest BCUT2D eigenvalue weighted by Crippen LogP contribution is -2.23. The van der Waals surface area contributed by atoms with Crippen LogP contribution in [-0.2, 0) is 0 Å². The first-order chi connectivity index (χ1) is 4.98. The van der Waals surface area contributed by atoms with Gasteiger partial charge in [-0.05, 0) is 26.2 Å². The van der Waals surface area contributed by atoms with Gasteiger partial charge >= 0.3 is 0 Å². The molecule has 0 unspecified atom stereocenters. The third-order valence-corrected chi connectivity index (χ3v) is 2.54. The zero-order valence-electron chi connectivity index (χ0n) is 8.40. The van der Waals surface area contributed by atoms with Crippen molar-refractivity contribution in [1.82, 2.24) is 4.72 Å². The van der Waals surface area contributed by atoms with Crippen LogP contribution in [0.1, 0.15) is 41.0 Å². The number of hydrogen-bond acceptors (Lipinski definition) is 2. The van der Waals surface area contributed by atoms with Crippen LogP contribution < -0.4 is 4.72 Å². The van der Waals surface area contributed by atoms with Gasteiger partial charge < -0.3 is 0 Å². The molecule has 0 saturated carbocycles. The van der Waals surface area contributed by atoms with Crippen LogP contribution in [0.3, 0.4) is 0 Å². The fraction of sp³-hybridized carbons (Fsp3) is 1.00. The van der Waals surface area contributed by atoms with Crippen LogP contribution in [0.2, 0.25) is 0 Å². The summed E-state index contributed by atoms with van der Waals surface area (Å²) < 4.78 is 3.69. The van der Waals surface area contributed by atoms with E-state index >= 15 is 0 Å². The highest BCUT2D eigenvalue weighted by molar-refractivity contribution is 7.98. The first-order valence-corrected chi connectivity index (χ1v) is 5.20. The zero-order valence-corrected chi connectivity index (χ0v) is 9.22. The summed E-state index contributed by atoms with van der Waals surface area (Å²) in [6.45, 7) is 12.3. The highest BCUT2D eigenvalue weighted by Crippen LogP contribution is 2.28. The van der Waals surface area contributed by atoms with Gasteiger partial charge in [0, 0.05) is 11.3 Å². The summed E-state index contributed by atoms with van der Waals surface area (Å²) >= 11 is 1.86. The molecule has 0 aromatic heterocycles. The maximum Gasteiger partial charge on any atom is 0.0251 e. The molecule has 0 fully saturated rings. The smallest absolute Gasteiger partial charge is 0.0251 e. The molecule has 68 valence electrons. The van der Waals surface area contributed by atoms with E-state index in [1.165, 1.54) is 6.42 Å². The summed E-state index contributed by atoms with van der Waals surface area (Å²) in [5, 5.41) is 0. The monoisotopic (exact) mass is 175 g/mol. The van der Waals surface area contributed by atoms with Gasteiger partial charge in [0.15, 0.2) is 0 Å². The Morgan fingerprint density at radius 1 is 1.36 bits per heavy atom. The van der Waals surface area contributed by atoms with E-state index in [1.54, 1.807) is 0 Å². The molecule has 0 atom stereocenters. The van der Waals surface area contributed by atoms with Crippen LogP contribution in [-0.4, -0.2) is 11.3 Å². The van der Waals surface area contributed by atoms with Gasteiger partial charge in [-0.3, -0.25) is 4.72 Å². The average molecular weight is 175 g/mol. The molecule has 0 aliphatic carbocycles. The Kier molecular flexibility index (Phi) is 5.19. The molecule has 0 rings (SSSR count). The normalized spacial score (nSPS) is 12.5. The highest BCUT2D eigenvalue weighted by atomic mass is 32.2. The van der Waals surface area contributed by atoms with Crippen LogP contribution in [0.15, 0.2) is 0 Å². The molecule has 11 heavy (non-hydrogen) atoms. The number of rotatable bonds is 5. The Balaban J connectivity index is 3.61. The van der Waals surface area contributed by atoms with Crippen LogP contribution in [0.25, 0.3) is 0 Å². The Hall–Kier alpha value is 0.310. The van der Waals surface area contributed by atoms with E-state index in [4.69, 9.17) is 0 Å². The molecule has 1 N–H and O–H groups in total. The lowest BCUT2D eigenvalue weighted by Gasteiger charge is -2.25. The van der Waals surface area contributed by atoms with Crippen LogP contribution in [0.5, 0.6) is 0 Å². The first-order valence-electron chi connectivity index (χ1n) is 4.39. The van der Waals surface area contributed by atoms with Crippen molar-refractivity contribution in [1.29, 1.82) is 0 Å². The summed E-state index contributed by atoms with van der Waals surface area (Å²) in [7, 11) is 0. The van der Waals surface area contributed by atoms with Gasteiger partial charge in [0.1, 0.15) is 0 Å². The lowest BCUT2D eigenvalue weighted by atomic mass is 10.0. The molecular weight excluding hydrogens is 154 g/mol. The predicted octanol–water partition coefficient (Wildman–Crippen LogP) is 3.07. The third-order valence-electron chi connectivity index (χ3n) is 1.39. The molecule has 1 nitrogen and oxygen atoms in total. The second-order valence-corrected chi connectivity index (χ2v) is 5.56. The SMILES string of the molecule is CCNSC(C)(C)CC(C)C. The Labute approximate surface area is 75.5 Å². The number of nitrogens with one attached hydrogen (secondary N) is 1. The Morgan fingerprint density at radius 2 is 1.91 bits per heavy atom. The van der Waals surface area contributed by atoms with Crippen molar-refractivity contribution >= 4 is 11.9 Å². The highest BCUT2D eigenvalue weighted by Gasteiger charge is 2.19. The Bertz CT molecular complexity index is 99.7. The molecule has 0 bridgehead atoms. The maximum absolute atomic E-state index is 3.31. The molecule has 0 saturated heterocycles. The van der Waals surface area contributed by atoms with Crippen molar-refractivity contribution in [3.63, 3.8) is 0 Å². The van der Waals surface area contributed by atoms with Gasteiger partial charge in [-0.1, -0.05) is 32.7 Å². The van der Waals surface area contributed by atoms with Crippen molar-refractivity contribution in [3.05, 3.63) is 0 Å². The summed E-state index contributed by atoms with van der Waals surface area (Å²) in [5.74, 6) is 0.788. The average Bonchev–Trinajstić information content (AvgIpc) is 1.81. The Morgan fingerprint density at radius 3 is 2.27 bits per heavy atom. The van der Waals surface area contributed by atoms with E-state index in [0.717, 1.165) is 12.5 Å². The van der Waals surface area contributed by atoms with Gasteiger partial charge in [-0.2, -0.15) is 0 Å². The van der Waals surface area contributed by atoms with Crippen LogP contribution in [0.4, 0.5) is 0 Å². The fourth-order valence-electron chi connectivity index (χ4n) is 1.29. The molecule has 0 radical (unpaired) electrons. The topological polar surface area (TPSA) is 12.0 Å². The molecule has 0 amide bonds. The second kappa shape index (κ2) is 5.04. The van der Waals surface area contributed by atoms with Gasteiger partial charge in [0.25, 0.3) is 0 Å². The number of hydrogen-bond donors (Lipinski definition) is 1. The molecule has 0 spiro atoms. The van der Waals surface area contributed by atoms with E-state index in [1.807, 2.05) is 11.9 Å². The molecule has 0 aromatic carbocycles. The van der Waals surface area contributed by atoms with E-state index in [0.29, 0.717) is 4.75 Å². The zero-order chi connectivity index (χ0) is 8.91. The van der Waals surface area contributed by atoms with E-state index in [-0.39, 0.29) is 0 Å². The second-order valence-electron chi connectivity index (χ2n) is 3.96. The molecule has 0 aromatic rings. The summed E-state index contributed by atoms with van der Waals surface area (Å²) in [5.41, 5.74) is 0. The predicted molar refractivity (Wildman–Crippen MR) is 54.8 cm³/mol. The van der Waals surface area contributed by atoms with Gasteiger partial charge in [0.05, 0.1) is 0 Å². The molecule has 0 heterocycles. The van der Waals surface area contributed by atoms with Crippen molar-refractivity contribution in [3.8, 4) is 0 Å². The molecule has 0 aliphatic heterocycles. The van der Waals surface area contributed by atoms with E-state index < -0.39 is 0 Å². The minimum Gasteiger partial charge on any atom is -0.264 e. The van der Waals surface area contributed by atoms with Gasteiger partial charge in [-0.25, -0.2) is 0 Å². The van der Waals surface area contributed by atoms with Gasteiger partial charge in [-0.15, -0.1) is 0 Å².